The van der Waals surface area contributed by atoms with E-state index >= 15 is 0 Å². The molecule has 11 heteroatoms. The Kier molecular flexibility index (Phi) is 5.38. The Morgan fingerprint density at radius 2 is 1.70 bits per heavy atom. The van der Waals surface area contributed by atoms with E-state index in [9.17, 15) is 36.5 Å². The van der Waals surface area contributed by atoms with Crippen molar-refractivity contribution in [3.05, 3.63) is 39.7 Å². The third-order valence-corrected chi connectivity index (χ3v) is 2.29. The molecule has 0 aliphatic heterocycles. The van der Waals surface area contributed by atoms with Crippen LogP contribution in [0.25, 0.3) is 0 Å². The Hall–Kier alpha value is -1.55. The van der Waals surface area contributed by atoms with Crippen molar-refractivity contribution >= 4 is 18.1 Å². The molecule has 0 spiro atoms. The SMILES string of the molecule is Cl.N[C@@H](c1ccc(F)cc1[N+](=O)[O-])C(F)(F)C(F)(F)F. The molecule has 0 unspecified atom stereocenters. The summed E-state index contributed by atoms with van der Waals surface area (Å²) in [6, 6.07) is -1.85. The average molecular weight is 325 g/mol. The molecule has 4 nitrogen and oxygen atoms in total. The van der Waals surface area contributed by atoms with Gasteiger partial charge >= 0.3 is 12.1 Å². The summed E-state index contributed by atoms with van der Waals surface area (Å²) >= 11 is 0. The fourth-order valence-electron chi connectivity index (χ4n) is 1.31. The quantitative estimate of drug-likeness (QED) is 0.526. The molecule has 0 radical (unpaired) electrons. The minimum Gasteiger partial charge on any atom is -0.318 e. The normalized spacial score (nSPS) is 13.6. The van der Waals surface area contributed by atoms with Crippen molar-refractivity contribution in [3.63, 3.8) is 0 Å². The van der Waals surface area contributed by atoms with Gasteiger partial charge in [-0.05, 0) is 12.1 Å². The van der Waals surface area contributed by atoms with Crippen LogP contribution < -0.4 is 5.73 Å². The lowest BCUT2D eigenvalue weighted by molar-refractivity contribution is -0.386. The van der Waals surface area contributed by atoms with E-state index in [4.69, 9.17) is 5.73 Å². The highest BCUT2D eigenvalue weighted by Crippen LogP contribution is 2.45. The van der Waals surface area contributed by atoms with Crippen LogP contribution in [0.3, 0.4) is 0 Å². The standard InChI is InChI=1S/C9H6F6N2O2.ClH/c10-4-1-2-5(6(3-4)17(18)19)7(16)8(11,12)9(13,14)15;/h1-3,7H,16H2;1H/t7-;/m0./s1. The molecule has 2 N–H and O–H groups in total. The highest BCUT2D eigenvalue weighted by atomic mass is 35.5. The molecule has 0 fully saturated rings. The minimum absolute atomic E-state index is 0. The molecule has 20 heavy (non-hydrogen) atoms. The maximum absolute atomic E-state index is 13.0. The van der Waals surface area contributed by atoms with Gasteiger partial charge in [0.25, 0.3) is 5.69 Å². The number of benzene rings is 1. The number of hydrogen-bond acceptors (Lipinski definition) is 3. The topological polar surface area (TPSA) is 69.2 Å². The van der Waals surface area contributed by atoms with Crippen LogP contribution in [-0.4, -0.2) is 17.0 Å². The number of rotatable bonds is 3. The summed E-state index contributed by atoms with van der Waals surface area (Å²) in [5.41, 5.74) is 2.41. The van der Waals surface area contributed by atoms with Gasteiger partial charge < -0.3 is 5.73 Å². The third kappa shape index (κ3) is 3.31. The van der Waals surface area contributed by atoms with Crippen molar-refractivity contribution in [3.8, 4) is 0 Å². The molecule has 0 aromatic heterocycles. The van der Waals surface area contributed by atoms with E-state index < -0.39 is 40.1 Å². The second kappa shape index (κ2) is 5.83. The highest BCUT2D eigenvalue weighted by Gasteiger charge is 2.62. The van der Waals surface area contributed by atoms with Crippen molar-refractivity contribution in [2.24, 2.45) is 5.73 Å². The summed E-state index contributed by atoms with van der Waals surface area (Å²) < 4.78 is 75.0. The molecule has 0 amide bonds. The Balaban J connectivity index is 0.00000361. The number of alkyl halides is 5. The van der Waals surface area contributed by atoms with E-state index in [0.717, 1.165) is 0 Å². The lowest BCUT2D eigenvalue weighted by atomic mass is 9.99. The lowest BCUT2D eigenvalue weighted by Crippen LogP contribution is -2.46. The number of halogens is 7. The van der Waals surface area contributed by atoms with E-state index in [-0.39, 0.29) is 18.5 Å². The largest absolute Gasteiger partial charge is 0.455 e. The molecule has 1 aromatic carbocycles. The van der Waals surface area contributed by atoms with Crippen LogP contribution in [0.5, 0.6) is 0 Å². The summed E-state index contributed by atoms with van der Waals surface area (Å²) in [6.07, 6.45) is -5.98. The van der Waals surface area contributed by atoms with Gasteiger partial charge in [0, 0.05) is 0 Å². The number of nitrogens with two attached hydrogens (primary N) is 1. The molecule has 114 valence electrons. The smallest absolute Gasteiger partial charge is 0.318 e. The fraction of sp³-hybridized carbons (Fsp3) is 0.333. The molecule has 0 bridgehead atoms. The molecule has 0 aliphatic rings. The van der Waals surface area contributed by atoms with Crippen LogP contribution in [0, 0.1) is 15.9 Å². The molecular weight excluding hydrogens is 318 g/mol. The van der Waals surface area contributed by atoms with Gasteiger partial charge in [0.2, 0.25) is 0 Å². The van der Waals surface area contributed by atoms with Crippen LogP contribution in [0.1, 0.15) is 11.6 Å². The fourth-order valence-corrected chi connectivity index (χ4v) is 1.31. The molecule has 1 aromatic rings. The first-order valence-corrected chi connectivity index (χ1v) is 4.62. The van der Waals surface area contributed by atoms with Gasteiger partial charge in [-0.25, -0.2) is 4.39 Å². The lowest BCUT2D eigenvalue weighted by Gasteiger charge is -2.25. The van der Waals surface area contributed by atoms with Crippen molar-refractivity contribution in [2.75, 3.05) is 0 Å². The summed E-state index contributed by atoms with van der Waals surface area (Å²) in [7, 11) is 0. The maximum Gasteiger partial charge on any atom is 0.455 e. The molecule has 0 saturated heterocycles. The number of nitrogens with zero attached hydrogens (tertiary/aromatic N) is 1. The van der Waals surface area contributed by atoms with Gasteiger partial charge in [0.1, 0.15) is 11.9 Å². The molecular formula is C9H7ClF6N2O2. The van der Waals surface area contributed by atoms with Crippen molar-refractivity contribution < 1.29 is 31.3 Å². The van der Waals surface area contributed by atoms with Crippen LogP contribution in [0.4, 0.5) is 32.0 Å². The number of hydrogen-bond donors (Lipinski definition) is 1. The van der Waals surface area contributed by atoms with Gasteiger partial charge in [-0.3, -0.25) is 10.1 Å². The van der Waals surface area contributed by atoms with Gasteiger partial charge in [-0.15, -0.1) is 12.4 Å². The molecule has 0 saturated carbocycles. The first-order valence-electron chi connectivity index (χ1n) is 4.62. The summed E-state index contributed by atoms with van der Waals surface area (Å²) in [5.74, 6) is -6.53. The zero-order valence-electron chi connectivity index (χ0n) is 9.33. The maximum atomic E-state index is 13.0. The highest BCUT2D eigenvalue weighted by molar-refractivity contribution is 5.85. The summed E-state index contributed by atoms with van der Waals surface area (Å²) in [6.45, 7) is 0. The van der Waals surface area contributed by atoms with Crippen LogP contribution in [0.2, 0.25) is 0 Å². The van der Waals surface area contributed by atoms with Crippen LogP contribution in [-0.2, 0) is 0 Å². The zero-order valence-corrected chi connectivity index (χ0v) is 10.1. The molecule has 1 rings (SSSR count). The monoisotopic (exact) mass is 324 g/mol. The first-order chi connectivity index (χ1) is 8.48. The average Bonchev–Trinajstić information content (AvgIpc) is 2.26. The predicted octanol–water partition coefficient (Wildman–Crippen LogP) is 3.35. The third-order valence-electron chi connectivity index (χ3n) is 2.29. The number of nitro groups is 1. The minimum atomic E-state index is -5.98. The van der Waals surface area contributed by atoms with Crippen LogP contribution in [0.15, 0.2) is 18.2 Å². The van der Waals surface area contributed by atoms with E-state index in [1.807, 2.05) is 0 Å². The predicted molar refractivity (Wildman–Crippen MR) is 58.2 cm³/mol. The summed E-state index contributed by atoms with van der Waals surface area (Å²) in [5, 5.41) is 10.5. The van der Waals surface area contributed by atoms with Crippen molar-refractivity contribution in [1.29, 1.82) is 0 Å². The van der Waals surface area contributed by atoms with E-state index in [1.54, 1.807) is 0 Å². The van der Waals surface area contributed by atoms with Gasteiger partial charge in [0.15, 0.2) is 0 Å². The van der Waals surface area contributed by atoms with Gasteiger partial charge in [0.05, 0.1) is 16.6 Å². The molecule has 0 aliphatic carbocycles. The Bertz CT molecular complexity index is 508. The summed E-state index contributed by atoms with van der Waals surface area (Å²) in [4.78, 5) is 9.23. The first kappa shape index (κ1) is 18.4. The van der Waals surface area contributed by atoms with E-state index in [1.165, 1.54) is 0 Å². The number of nitro benzene ring substituents is 1. The van der Waals surface area contributed by atoms with E-state index in [2.05, 4.69) is 0 Å². The van der Waals surface area contributed by atoms with Crippen molar-refractivity contribution in [1.82, 2.24) is 0 Å². The van der Waals surface area contributed by atoms with E-state index in [0.29, 0.717) is 12.1 Å². The van der Waals surface area contributed by atoms with Crippen molar-refractivity contribution in [2.45, 2.75) is 18.1 Å². The zero-order chi connectivity index (χ0) is 15.0. The molecule has 0 heterocycles. The van der Waals surface area contributed by atoms with Gasteiger partial charge in [-0.1, -0.05) is 0 Å². The molecule has 1 atom stereocenters. The van der Waals surface area contributed by atoms with Gasteiger partial charge in [-0.2, -0.15) is 22.0 Å². The Morgan fingerprint density at radius 3 is 2.10 bits per heavy atom. The van der Waals surface area contributed by atoms with Crippen LogP contribution >= 0.6 is 12.4 Å². The Morgan fingerprint density at radius 1 is 1.20 bits per heavy atom. The second-order valence-electron chi connectivity index (χ2n) is 3.56. The Labute approximate surface area is 114 Å². The second-order valence-corrected chi connectivity index (χ2v) is 3.56.